The fourth-order valence-electron chi connectivity index (χ4n) is 3.21. The highest BCUT2D eigenvalue weighted by Gasteiger charge is 2.20. The molecule has 1 fully saturated rings. The summed E-state index contributed by atoms with van der Waals surface area (Å²) in [5.74, 6) is 0. The molecule has 3 heteroatoms. The van der Waals surface area contributed by atoms with Gasteiger partial charge in [0.15, 0.2) is 0 Å². The van der Waals surface area contributed by atoms with Gasteiger partial charge in [-0.25, -0.2) is 0 Å². The third-order valence-corrected chi connectivity index (χ3v) is 4.79. The molecule has 1 aromatic heterocycles. The molecule has 102 valence electrons. The SMILES string of the molecule is Ic1ccc2c(c1)c1ccccc1n2C1CCCCO1. The van der Waals surface area contributed by atoms with Crippen LogP contribution in [-0.2, 0) is 4.74 Å². The summed E-state index contributed by atoms with van der Waals surface area (Å²) < 4.78 is 9.70. The molecule has 0 amide bonds. The molecular formula is C17H16INO. The van der Waals surface area contributed by atoms with Crippen molar-refractivity contribution in [1.29, 1.82) is 0 Å². The molecule has 1 saturated heterocycles. The summed E-state index contributed by atoms with van der Waals surface area (Å²) in [5.41, 5.74) is 2.58. The maximum absolute atomic E-state index is 6.03. The summed E-state index contributed by atoms with van der Waals surface area (Å²) in [5, 5.41) is 2.66. The molecule has 0 aliphatic carbocycles. The molecule has 0 saturated carbocycles. The van der Waals surface area contributed by atoms with Gasteiger partial charge in [-0.05, 0) is 66.1 Å². The first kappa shape index (κ1) is 12.7. The molecule has 1 aliphatic rings. The van der Waals surface area contributed by atoms with E-state index in [0.717, 1.165) is 13.0 Å². The monoisotopic (exact) mass is 377 g/mol. The van der Waals surface area contributed by atoms with Crippen molar-refractivity contribution in [2.24, 2.45) is 0 Å². The summed E-state index contributed by atoms with van der Waals surface area (Å²) >= 11 is 2.38. The van der Waals surface area contributed by atoms with E-state index in [0.29, 0.717) is 0 Å². The molecule has 3 aromatic rings. The van der Waals surface area contributed by atoms with Crippen molar-refractivity contribution in [2.45, 2.75) is 25.5 Å². The van der Waals surface area contributed by atoms with Crippen molar-refractivity contribution in [3.63, 3.8) is 0 Å². The van der Waals surface area contributed by atoms with Crippen LogP contribution in [0.25, 0.3) is 21.8 Å². The van der Waals surface area contributed by atoms with Crippen LogP contribution in [0, 0.1) is 3.57 Å². The van der Waals surface area contributed by atoms with E-state index in [-0.39, 0.29) is 6.23 Å². The van der Waals surface area contributed by atoms with E-state index < -0.39 is 0 Å². The lowest BCUT2D eigenvalue weighted by molar-refractivity contribution is -0.0267. The van der Waals surface area contributed by atoms with Crippen molar-refractivity contribution >= 4 is 44.4 Å². The zero-order chi connectivity index (χ0) is 13.5. The highest BCUT2D eigenvalue weighted by atomic mass is 127. The van der Waals surface area contributed by atoms with E-state index in [2.05, 4.69) is 69.6 Å². The lowest BCUT2D eigenvalue weighted by atomic mass is 10.2. The minimum absolute atomic E-state index is 0.186. The molecule has 1 aliphatic heterocycles. The van der Waals surface area contributed by atoms with Crippen LogP contribution < -0.4 is 0 Å². The van der Waals surface area contributed by atoms with Crippen LogP contribution in [0.1, 0.15) is 25.5 Å². The Hall–Kier alpha value is -1.07. The van der Waals surface area contributed by atoms with Gasteiger partial charge < -0.3 is 9.30 Å². The number of hydrogen-bond acceptors (Lipinski definition) is 1. The Labute approximate surface area is 131 Å². The summed E-state index contributed by atoms with van der Waals surface area (Å²) in [6.45, 7) is 0.878. The number of benzene rings is 2. The quantitative estimate of drug-likeness (QED) is 0.539. The van der Waals surface area contributed by atoms with Crippen LogP contribution in [0.15, 0.2) is 42.5 Å². The number of aromatic nitrogens is 1. The summed E-state index contributed by atoms with van der Waals surface area (Å²) in [7, 11) is 0. The van der Waals surface area contributed by atoms with Gasteiger partial charge in [-0.2, -0.15) is 0 Å². The standard InChI is InChI=1S/C17H16INO/c18-12-8-9-16-14(11-12)13-5-1-2-6-15(13)19(16)17-7-3-4-10-20-17/h1-2,5-6,8-9,11,17H,3-4,7,10H2. The van der Waals surface area contributed by atoms with Crippen LogP contribution in [0.4, 0.5) is 0 Å². The Kier molecular flexibility index (Phi) is 3.19. The van der Waals surface area contributed by atoms with Crippen molar-refractivity contribution in [3.8, 4) is 0 Å². The first-order chi connectivity index (χ1) is 9.84. The smallest absolute Gasteiger partial charge is 0.134 e. The maximum atomic E-state index is 6.03. The predicted molar refractivity (Wildman–Crippen MR) is 91.0 cm³/mol. The molecule has 20 heavy (non-hydrogen) atoms. The van der Waals surface area contributed by atoms with Gasteiger partial charge in [-0.1, -0.05) is 18.2 Å². The number of rotatable bonds is 1. The van der Waals surface area contributed by atoms with Crippen molar-refractivity contribution in [3.05, 3.63) is 46.0 Å². The third kappa shape index (κ3) is 1.95. The van der Waals surface area contributed by atoms with Gasteiger partial charge in [-0.3, -0.25) is 0 Å². The van der Waals surface area contributed by atoms with Gasteiger partial charge in [0.2, 0.25) is 0 Å². The van der Waals surface area contributed by atoms with Crippen LogP contribution in [0.3, 0.4) is 0 Å². The summed E-state index contributed by atoms with van der Waals surface area (Å²) in [4.78, 5) is 0. The second-order valence-electron chi connectivity index (χ2n) is 5.37. The van der Waals surface area contributed by atoms with Gasteiger partial charge in [0.1, 0.15) is 6.23 Å². The van der Waals surface area contributed by atoms with Gasteiger partial charge in [0, 0.05) is 20.9 Å². The third-order valence-electron chi connectivity index (χ3n) is 4.12. The highest BCUT2D eigenvalue weighted by molar-refractivity contribution is 14.1. The number of para-hydroxylation sites is 1. The summed E-state index contributed by atoms with van der Waals surface area (Å²) in [6, 6.07) is 15.3. The van der Waals surface area contributed by atoms with E-state index >= 15 is 0 Å². The molecule has 0 spiro atoms. The zero-order valence-corrected chi connectivity index (χ0v) is 13.3. The molecule has 1 unspecified atom stereocenters. The largest absolute Gasteiger partial charge is 0.358 e. The van der Waals surface area contributed by atoms with Gasteiger partial charge in [0.05, 0.1) is 11.0 Å². The first-order valence-electron chi connectivity index (χ1n) is 7.14. The summed E-state index contributed by atoms with van der Waals surface area (Å²) in [6.07, 6.45) is 3.74. The fraction of sp³-hybridized carbons (Fsp3) is 0.294. The molecule has 1 atom stereocenters. The lowest BCUT2D eigenvalue weighted by Crippen LogP contribution is -2.17. The van der Waals surface area contributed by atoms with Crippen molar-refractivity contribution in [1.82, 2.24) is 4.57 Å². The average Bonchev–Trinajstić information content (AvgIpc) is 2.82. The van der Waals surface area contributed by atoms with Crippen LogP contribution in [-0.4, -0.2) is 11.2 Å². The molecule has 2 aromatic carbocycles. The zero-order valence-electron chi connectivity index (χ0n) is 11.2. The Morgan fingerprint density at radius 3 is 2.70 bits per heavy atom. The number of fused-ring (bicyclic) bond motifs is 3. The fourth-order valence-corrected chi connectivity index (χ4v) is 3.70. The van der Waals surface area contributed by atoms with Gasteiger partial charge in [0.25, 0.3) is 0 Å². The molecule has 4 rings (SSSR count). The van der Waals surface area contributed by atoms with E-state index in [9.17, 15) is 0 Å². The van der Waals surface area contributed by atoms with E-state index in [4.69, 9.17) is 4.74 Å². The number of hydrogen-bond donors (Lipinski definition) is 0. The topological polar surface area (TPSA) is 14.2 Å². The van der Waals surface area contributed by atoms with Gasteiger partial charge >= 0.3 is 0 Å². The first-order valence-corrected chi connectivity index (χ1v) is 8.22. The molecule has 2 nitrogen and oxygen atoms in total. The molecule has 2 heterocycles. The Morgan fingerprint density at radius 1 is 1.00 bits per heavy atom. The molecule has 0 bridgehead atoms. The van der Waals surface area contributed by atoms with E-state index in [1.807, 2.05) is 0 Å². The van der Waals surface area contributed by atoms with Crippen LogP contribution in [0.2, 0.25) is 0 Å². The molecule has 0 radical (unpaired) electrons. The highest BCUT2D eigenvalue weighted by Crippen LogP contribution is 2.35. The minimum atomic E-state index is 0.186. The second-order valence-corrected chi connectivity index (χ2v) is 6.62. The van der Waals surface area contributed by atoms with Crippen LogP contribution in [0.5, 0.6) is 0 Å². The normalized spacial score (nSPS) is 19.8. The average molecular weight is 377 g/mol. The minimum Gasteiger partial charge on any atom is -0.358 e. The number of halogens is 1. The van der Waals surface area contributed by atoms with Crippen molar-refractivity contribution in [2.75, 3.05) is 6.61 Å². The Bertz CT molecular complexity index is 771. The van der Waals surface area contributed by atoms with Crippen molar-refractivity contribution < 1.29 is 4.74 Å². The molecular weight excluding hydrogens is 361 g/mol. The van der Waals surface area contributed by atoms with E-state index in [1.165, 1.54) is 38.2 Å². The van der Waals surface area contributed by atoms with E-state index in [1.54, 1.807) is 0 Å². The van der Waals surface area contributed by atoms with Crippen LogP contribution >= 0.6 is 22.6 Å². The number of nitrogens with zero attached hydrogens (tertiary/aromatic N) is 1. The Balaban J connectivity index is 2.05. The molecule has 0 N–H and O–H groups in total. The maximum Gasteiger partial charge on any atom is 0.134 e. The predicted octanol–water partition coefficient (Wildman–Crippen LogP) is 5.10. The lowest BCUT2D eigenvalue weighted by Gasteiger charge is -2.25. The number of ether oxygens (including phenoxy) is 1. The second kappa shape index (κ2) is 5.04. The Morgan fingerprint density at radius 2 is 1.85 bits per heavy atom. The van der Waals surface area contributed by atoms with Gasteiger partial charge in [-0.15, -0.1) is 0 Å².